The Morgan fingerprint density at radius 2 is 1.54 bits per heavy atom. The third-order valence-electron chi connectivity index (χ3n) is 6.80. The average Bonchev–Trinajstić information content (AvgIpc) is 2.94. The van der Waals surface area contributed by atoms with E-state index in [0.717, 1.165) is 28.1 Å². The van der Waals surface area contributed by atoms with E-state index in [1.807, 2.05) is 74.5 Å². The fraction of sp³-hybridized carbons (Fsp3) is 0.355. The Morgan fingerprint density at radius 3 is 2.12 bits per heavy atom. The standard InChI is InChI=1S/C31H37Cl2N3O4S/c1-4-23(2)34-31(38)29(20-24-12-7-5-8-13-24)35(22-25-14-9-6-10-15-25)30(37)16-11-19-36(41(3,39)40)28-21-26(32)17-18-27(28)33/h5-10,12-15,17-18,21,23,29H,4,11,16,19-20,22H2,1-3H3,(H,34,38)/t23-,29+/m0/s1. The van der Waals surface area contributed by atoms with Gasteiger partial charge in [-0.25, -0.2) is 8.42 Å². The topological polar surface area (TPSA) is 86.8 Å². The highest BCUT2D eigenvalue weighted by molar-refractivity contribution is 7.92. The second kappa shape index (κ2) is 15.2. The second-order valence-corrected chi connectivity index (χ2v) is 12.8. The highest BCUT2D eigenvalue weighted by Gasteiger charge is 2.31. The highest BCUT2D eigenvalue weighted by Crippen LogP contribution is 2.31. The van der Waals surface area contributed by atoms with Gasteiger partial charge < -0.3 is 10.2 Å². The lowest BCUT2D eigenvalue weighted by atomic mass is 10.0. The van der Waals surface area contributed by atoms with Gasteiger partial charge in [0.15, 0.2) is 0 Å². The summed E-state index contributed by atoms with van der Waals surface area (Å²) in [6.07, 6.45) is 2.42. The van der Waals surface area contributed by atoms with Crippen LogP contribution in [0.25, 0.3) is 0 Å². The third-order valence-corrected chi connectivity index (χ3v) is 8.53. The van der Waals surface area contributed by atoms with Gasteiger partial charge >= 0.3 is 0 Å². The van der Waals surface area contributed by atoms with Crippen LogP contribution in [0, 0.1) is 0 Å². The number of sulfonamides is 1. The number of hydrogen-bond acceptors (Lipinski definition) is 4. The lowest BCUT2D eigenvalue weighted by molar-refractivity contribution is -0.141. The van der Waals surface area contributed by atoms with Crippen LogP contribution in [-0.2, 0) is 32.6 Å². The summed E-state index contributed by atoms with van der Waals surface area (Å²) in [7, 11) is -3.71. The molecule has 0 heterocycles. The number of amides is 2. The summed E-state index contributed by atoms with van der Waals surface area (Å²) in [4.78, 5) is 29.1. The number of carbonyl (C=O) groups excluding carboxylic acids is 2. The Morgan fingerprint density at radius 1 is 0.927 bits per heavy atom. The normalized spacial score (nSPS) is 12.8. The molecule has 7 nitrogen and oxygen atoms in total. The first-order chi connectivity index (χ1) is 19.5. The maximum absolute atomic E-state index is 13.9. The van der Waals surface area contributed by atoms with Gasteiger partial charge in [-0.2, -0.15) is 0 Å². The van der Waals surface area contributed by atoms with Gasteiger partial charge in [0.25, 0.3) is 0 Å². The third kappa shape index (κ3) is 9.76. The first kappa shape index (κ1) is 32.4. The van der Waals surface area contributed by atoms with Crippen molar-refractivity contribution in [2.75, 3.05) is 17.1 Å². The van der Waals surface area contributed by atoms with E-state index in [1.54, 1.807) is 11.0 Å². The zero-order valence-corrected chi connectivity index (χ0v) is 25.9. The molecule has 0 saturated heterocycles. The van der Waals surface area contributed by atoms with Crippen LogP contribution in [-0.4, -0.2) is 50.0 Å². The number of rotatable bonds is 14. The smallest absolute Gasteiger partial charge is 0.243 e. The van der Waals surface area contributed by atoms with Crippen LogP contribution in [0.1, 0.15) is 44.2 Å². The number of carbonyl (C=O) groups is 2. The molecule has 0 aromatic heterocycles. The van der Waals surface area contributed by atoms with E-state index in [4.69, 9.17) is 23.2 Å². The molecule has 2 amide bonds. The van der Waals surface area contributed by atoms with Gasteiger partial charge in [0, 0.05) is 37.0 Å². The van der Waals surface area contributed by atoms with E-state index in [1.165, 1.54) is 12.1 Å². The van der Waals surface area contributed by atoms with Crippen LogP contribution in [0.15, 0.2) is 78.9 Å². The van der Waals surface area contributed by atoms with Crippen LogP contribution in [0.3, 0.4) is 0 Å². The fourth-order valence-electron chi connectivity index (χ4n) is 4.43. The van der Waals surface area contributed by atoms with Gasteiger partial charge in [-0.1, -0.05) is 90.8 Å². The lowest BCUT2D eigenvalue weighted by Gasteiger charge is -2.32. The molecule has 0 aliphatic heterocycles. The van der Waals surface area contributed by atoms with Gasteiger partial charge in [0.2, 0.25) is 21.8 Å². The van der Waals surface area contributed by atoms with Gasteiger partial charge in [0.05, 0.1) is 17.0 Å². The van der Waals surface area contributed by atoms with Crippen LogP contribution < -0.4 is 9.62 Å². The van der Waals surface area contributed by atoms with Gasteiger partial charge in [0.1, 0.15) is 6.04 Å². The van der Waals surface area contributed by atoms with Crippen LogP contribution in [0.5, 0.6) is 0 Å². The summed E-state index contributed by atoms with van der Waals surface area (Å²) in [5, 5.41) is 3.63. The number of nitrogens with one attached hydrogen (secondary N) is 1. The largest absolute Gasteiger partial charge is 0.352 e. The van der Waals surface area contributed by atoms with E-state index in [2.05, 4.69) is 5.32 Å². The molecule has 0 saturated carbocycles. The molecule has 0 unspecified atom stereocenters. The predicted molar refractivity (Wildman–Crippen MR) is 167 cm³/mol. The SMILES string of the molecule is CC[C@H](C)NC(=O)[C@@H](Cc1ccccc1)N(Cc1ccccc1)C(=O)CCCN(c1cc(Cl)ccc1Cl)S(C)(=O)=O. The summed E-state index contributed by atoms with van der Waals surface area (Å²) >= 11 is 12.4. The maximum Gasteiger partial charge on any atom is 0.243 e. The number of hydrogen-bond donors (Lipinski definition) is 1. The molecule has 0 aliphatic carbocycles. The molecule has 220 valence electrons. The molecule has 0 aliphatic rings. The quantitative estimate of drug-likeness (QED) is 0.237. The molecule has 2 atom stereocenters. The molecular formula is C31H37Cl2N3O4S. The van der Waals surface area contributed by atoms with Crippen molar-refractivity contribution in [3.8, 4) is 0 Å². The van der Waals surface area contributed by atoms with Gasteiger partial charge in [-0.15, -0.1) is 0 Å². The van der Waals surface area contributed by atoms with Crippen molar-refractivity contribution in [2.24, 2.45) is 0 Å². The zero-order valence-electron chi connectivity index (χ0n) is 23.6. The summed E-state index contributed by atoms with van der Waals surface area (Å²) < 4.78 is 26.5. The molecule has 0 fully saturated rings. The lowest BCUT2D eigenvalue weighted by Crippen LogP contribution is -2.52. The Labute approximate surface area is 253 Å². The van der Waals surface area contributed by atoms with E-state index in [0.29, 0.717) is 11.4 Å². The molecule has 1 N–H and O–H groups in total. The molecular weight excluding hydrogens is 581 g/mol. The van der Waals surface area contributed by atoms with Gasteiger partial charge in [-0.3, -0.25) is 13.9 Å². The predicted octanol–water partition coefficient (Wildman–Crippen LogP) is 6.09. The van der Waals surface area contributed by atoms with Crippen molar-refractivity contribution in [1.82, 2.24) is 10.2 Å². The minimum atomic E-state index is -3.71. The summed E-state index contributed by atoms with van der Waals surface area (Å²) in [5.74, 6) is -0.476. The number of nitrogens with zero attached hydrogens (tertiary/aromatic N) is 2. The van der Waals surface area contributed by atoms with Crippen LogP contribution in [0.4, 0.5) is 5.69 Å². The van der Waals surface area contributed by atoms with Crippen molar-refractivity contribution in [1.29, 1.82) is 0 Å². The monoisotopic (exact) mass is 617 g/mol. The highest BCUT2D eigenvalue weighted by atomic mass is 35.5. The molecule has 10 heteroatoms. The molecule has 0 spiro atoms. The molecule has 3 aromatic carbocycles. The maximum atomic E-state index is 13.9. The summed E-state index contributed by atoms with van der Waals surface area (Å²) in [6.45, 7) is 4.18. The summed E-state index contributed by atoms with van der Waals surface area (Å²) in [6, 6.07) is 22.9. The van der Waals surface area contributed by atoms with Crippen molar-refractivity contribution < 1.29 is 18.0 Å². The number of anilines is 1. The molecule has 0 bridgehead atoms. The zero-order chi connectivity index (χ0) is 30.0. The molecule has 0 radical (unpaired) electrons. The van der Waals surface area contributed by atoms with Gasteiger partial charge in [-0.05, 0) is 49.1 Å². The first-order valence-electron chi connectivity index (χ1n) is 13.6. The Kier molecular flexibility index (Phi) is 12.1. The van der Waals surface area contributed by atoms with Crippen molar-refractivity contribution in [3.05, 3.63) is 100 Å². The summed E-state index contributed by atoms with van der Waals surface area (Å²) in [5.41, 5.74) is 2.07. The van der Waals surface area contributed by atoms with Crippen molar-refractivity contribution in [2.45, 2.75) is 58.2 Å². The number of halogens is 2. The second-order valence-electron chi connectivity index (χ2n) is 10.1. The first-order valence-corrected chi connectivity index (χ1v) is 16.2. The molecule has 41 heavy (non-hydrogen) atoms. The van der Waals surface area contributed by atoms with E-state index < -0.39 is 16.1 Å². The minimum Gasteiger partial charge on any atom is -0.352 e. The Bertz CT molecular complexity index is 1410. The minimum absolute atomic E-state index is 0.0201. The van der Waals surface area contributed by atoms with Crippen molar-refractivity contribution in [3.63, 3.8) is 0 Å². The van der Waals surface area contributed by atoms with E-state index in [9.17, 15) is 18.0 Å². The van der Waals surface area contributed by atoms with Crippen LogP contribution >= 0.6 is 23.2 Å². The number of benzene rings is 3. The Hall–Kier alpha value is -3.07. The van der Waals surface area contributed by atoms with Crippen molar-refractivity contribution >= 4 is 50.7 Å². The fourth-order valence-corrected chi connectivity index (χ4v) is 5.84. The van der Waals surface area contributed by atoms with E-state index in [-0.39, 0.29) is 54.5 Å². The molecule has 3 aromatic rings. The van der Waals surface area contributed by atoms with E-state index >= 15 is 0 Å². The van der Waals surface area contributed by atoms with Crippen LogP contribution in [0.2, 0.25) is 10.0 Å². The average molecular weight is 619 g/mol. The Balaban J connectivity index is 1.89. The molecule has 3 rings (SSSR count).